The standard InChI is InChI=1S/C30H42O2/c1-4-26(23-12-5-6-13-23)29(31)28(21(2)10-9-11-22-16-17-22)25-19-18-24-14-7-8-15-27(24)30(3,32)20-25/h12,14-15,19,22,26,31-32H,2,4-11,13,16-18,20H2,1,3H3/b29-28-/t26-,30+/m1/s1. The molecule has 0 aliphatic heterocycles. The average Bonchev–Trinajstić information content (AvgIpc) is 3.46. The van der Waals surface area contributed by atoms with E-state index in [1.165, 1.54) is 36.8 Å². The van der Waals surface area contributed by atoms with Crippen molar-refractivity contribution >= 4 is 0 Å². The van der Waals surface area contributed by atoms with Crippen LogP contribution in [-0.4, -0.2) is 15.8 Å². The molecule has 32 heavy (non-hydrogen) atoms. The topological polar surface area (TPSA) is 40.5 Å². The third-order valence-electron chi connectivity index (χ3n) is 7.92. The third kappa shape index (κ3) is 5.22. The van der Waals surface area contributed by atoms with Crippen LogP contribution in [0, 0.1) is 11.8 Å². The van der Waals surface area contributed by atoms with Gasteiger partial charge in [0.2, 0.25) is 0 Å². The highest BCUT2D eigenvalue weighted by Crippen LogP contribution is 2.44. The van der Waals surface area contributed by atoms with Gasteiger partial charge in [0.15, 0.2) is 0 Å². The number of hydrogen-bond donors (Lipinski definition) is 2. The van der Waals surface area contributed by atoms with Crippen molar-refractivity contribution in [3.05, 3.63) is 70.1 Å². The number of aliphatic hydroxyl groups excluding tert-OH is 1. The summed E-state index contributed by atoms with van der Waals surface area (Å²) in [6.45, 7) is 8.61. The number of aliphatic hydroxyl groups is 2. The van der Waals surface area contributed by atoms with Crippen molar-refractivity contribution in [3.8, 4) is 0 Å². The van der Waals surface area contributed by atoms with Crippen LogP contribution in [0.25, 0.3) is 0 Å². The minimum atomic E-state index is -0.914. The van der Waals surface area contributed by atoms with Crippen LogP contribution in [-0.2, 0) is 0 Å². The first-order valence-electron chi connectivity index (χ1n) is 13.0. The molecule has 2 atom stereocenters. The molecule has 0 aromatic heterocycles. The summed E-state index contributed by atoms with van der Waals surface area (Å²) in [7, 11) is 0. The lowest BCUT2D eigenvalue weighted by molar-refractivity contribution is 0.102. The molecule has 0 aromatic carbocycles. The molecule has 4 aliphatic carbocycles. The van der Waals surface area contributed by atoms with E-state index in [-0.39, 0.29) is 5.92 Å². The molecule has 0 aromatic rings. The Hall–Kier alpha value is -1.80. The molecule has 4 aliphatic rings. The zero-order valence-electron chi connectivity index (χ0n) is 20.3. The van der Waals surface area contributed by atoms with E-state index in [9.17, 15) is 10.2 Å². The van der Waals surface area contributed by atoms with Crippen LogP contribution in [0.5, 0.6) is 0 Å². The number of hydrogen-bond acceptors (Lipinski definition) is 2. The fourth-order valence-electron chi connectivity index (χ4n) is 5.97. The first-order valence-corrected chi connectivity index (χ1v) is 13.0. The van der Waals surface area contributed by atoms with Crippen LogP contribution in [0.3, 0.4) is 0 Å². The SMILES string of the molecule is C=C(CCCC1CC1)/C(C1=CCC2=CCCC=C2[C@@](C)(O)C1)=C(/O)[C@H](CC)C1=CCCC1. The van der Waals surface area contributed by atoms with Gasteiger partial charge in [0.25, 0.3) is 0 Å². The fraction of sp³-hybridized carbons (Fsp3) is 0.600. The van der Waals surface area contributed by atoms with E-state index in [4.69, 9.17) is 0 Å². The smallest absolute Gasteiger partial charge is 0.107 e. The van der Waals surface area contributed by atoms with Crippen LogP contribution in [0.1, 0.15) is 97.3 Å². The predicted octanol–water partition coefficient (Wildman–Crippen LogP) is 8.19. The largest absolute Gasteiger partial charge is 0.511 e. The lowest BCUT2D eigenvalue weighted by Crippen LogP contribution is -2.29. The summed E-state index contributed by atoms with van der Waals surface area (Å²) in [5.41, 5.74) is 5.88. The Morgan fingerprint density at radius 1 is 1.16 bits per heavy atom. The predicted molar refractivity (Wildman–Crippen MR) is 134 cm³/mol. The Morgan fingerprint density at radius 3 is 2.62 bits per heavy atom. The van der Waals surface area contributed by atoms with Gasteiger partial charge in [-0.3, -0.25) is 0 Å². The Morgan fingerprint density at radius 2 is 1.94 bits per heavy atom. The van der Waals surface area contributed by atoms with Crippen LogP contribution in [0.2, 0.25) is 0 Å². The van der Waals surface area contributed by atoms with Crippen LogP contribution in [0.4, 0.5) is 0 Å². The molecule has 0 radical (unpaired) electrons. The van der Waals surface area contributed by atoms with E-state index in [2.05, 4.69) is 37.8 Å². The number of rotatable bonds is 9. The summed E-state index contributed by atoms with van der Waals surface area (Å²) in [6, 6.07) is 0. The molecule has 2 heteroatoms. The van der Waals surface area contributed by atoms with Gasteiger partial charge in [0, 0.05) is 17.9 Å². The fourth-order valence-corrected chi connectivity index (χ4v) is 5.97. The van der Waals surface area contributed by atoms with E-state index < -0.39 is 5.60 Å². The van der Waals surface area contributed by atoms with Gasteiger partial charge < -0.3 is 10.2 Å². The van der Waals surface area contributed by atoms with Gasteiger partial charge in [0.05, 0.1) is 5.60 Å². The Labute approximate surface area is 195 Å². The van der Waals surface area contributed by atoms with E-state index in [1.54, 1.807) is 0 Å². The van der Waals surface area contributed by atoms with Gasteiger partial charge in [-0.15, -0.1) is 0 Å². The lowest BCUT2D eigenvalue weighted by atomic mass is 9.79. The van der Waals surface area contributed by atoms with E-state index in [0.29, 0.717) is 12.2 Å². The Bertz CT molecular complexity index is 886. The third-order valence-corrected chi connectivity index (χ3v) is 7.92. The van der Waals surface area contributed by atoms with Crippen LogP contribution < -0.4 is 0 Å². The van der Waals surface area contributed by atoms with E-state index >= 15 is 0 Å². The minimum Gasteiger partial charge on any atom is -0.511 e. The second kappa shape index (κ2) is 10.00. The van der Waals surface area contributed by atoms with Gasteiger partial charge in [-0.05, 0) is 92.9 Å². The molecule has 0 unspecified atom stereocenters. The maximum Gasteiger partial charge on any atom is 0.107 e. The van der Waals surface area contributed by atoms with E-state index in [1.807, 2.05) is 6.92 Å². The molecule has 174 valence electrons. The van der Waals surface area contributed by atoms with Gasteiger partial charge >= 0.3 is 0 Å². The Kier molecular flexibility index (Phi) is 7.30. The maximum absolute atomic E-state index is 11.7. The average molecular weight is 435 g/mol. The van der Waals surface area contributed by atoms with Crippen molar-refractivity contribution in [1.29, 1.82) is 0 Å². The molecule has 2 nitrogen and oxygen atoms in total. The summed E-state index contributed by atoms with van der Waals surface area (Å²) in [4.78, 5) is 0. The van der Waals surface area contributed by atoms with Crippen molar-refractivity contribution in [2.75, 3.05) is 0 Å². The summed E-state index contributed by atoms with van der Waals surface area (Å²) < 4.78 is 0. The lowest BCUT2D eigenvalue weighted by Gasteiger charge is -2.30. The van der Waals surface area contributed by atoms with E-state index in [0.717, 1.165) is 79.6 Å². The molecular formula is C30H42O2. The van der Waals surface area contributed by atoms with Gasteiger partial charge in [0.1, 0.15) is 5.76 Å². The van der Waals surface area contributed by atoms with Gasteiger partial charge in [-0.2, -0.15) is 0 Å². The molecule has 2 N–H and O–H groups in total. The molecule has 0 saturated heterocycles. The number of fused-ring (bicyclic) bond motifs is 1. The summed E-state index contributed by atoms with van der Waals surface area (Å²) in [5, 5.41) is 23.2. The second-order valence-electron chi connectivity index (χ2n) is 10.6. The second-order valence-corrected chi connectivity index (χ2v) is 10.6. The molecule has 1 saturated carbocycles. The maximum atomic E-state index is 11.7. The monoisotopic (exact) mass is 434 g/mol. The molecule has 0 amide bonds. The van der Waals surface area contributed by atoms with Crippen molar-refractivity contribution in [2.45, 2.75) is 103 Å². The van der Waals surface area contributed by atoms with Crippen molar-refractivity contribution < 1.29 is 10.2 Å². The molecule has 0 spiro atoms. The van der Waals surface area contributed by atoms with Crippen LogP contribution >= 0.6 is 0 Å². The highest BCUT2D eigenvalue weighted by molar-refractivity contribution is 5.54. The molecular weight excluding hydrogens is 392 g/mol. The zero-order chi connectivity index (χ0) is 22.7. The van der Waals surface area contributed by atoms with Gasteiger partial charge in [-0.25, -0.2) is 0 Å². The van der Waals surface area contributed by atoms with Crippen molar-refractivity contribution in [2.24, 2.45) is 11.8 Å². The quantitative estimate of drug-likeness (QED) is 0.218. The highest BCUT2D eigenvalue weighted by atomic mass is 16.3. The van der Waals surface area contributed by atoms with Crippen LogP contribution in [0.15, 0.2) is 70.1 Å². The molecule has 0 bridgehead atoms. The van der Waals surface area contributed by atoms with Gasteiger partial charge in [-0.1, -0.05) is 62.6 Å². The first-order chi connectivity index (χ1) is 15.4. The zero-order valence-corrected chi connectivity index (χ0v) is 20.3. The van der Waals surface area contributed by atoms with Crippen molar-refractivity contribution in [3.63, 3.8) is 0 Å². The minimum absolute atomic E-state index is 0.0718. The molecule has 0 heterocycles. The normalized spacial score (nSPS) is 27.3. The molecule has 4 rings (SSSR count). The summed E-state index contributed by atoms with van der Waals surface area (Å²) in [6.07, 6.45) is 22.9. The summed E-state index contributed by atoms with van der Waals surface area (Å²) >= 11 is 0. The molecule has 1 fully saturated rings. The van der Waals surface area contributed by atoms with Crippen molar-refractivity contribution in [1.82, 2.24) is 0 Å². The Balaban J connectivity index is 1.69. The first kappa shape index (κ1) is 23.4. The number of allylic oxidation sites excluding steroid dienone is 7. The highest BCUT2D eigenvalue weighted by Gasteiger charge is 2.35. The summed E-state index contributed by atoms with van der Waals surface area (Å²) in [5.74, 6) is 1.48.